The third-order valence-electron chi connectivity index (χ3n) is 2.77. The molecular formula is C11H14F5NO3Si. The minimum absolute atomic E-state index is 0.107. The van der Waals surface area contributed by atoms with Crippen molar-refractivity contribution in [2.45, 2.75) is 25.2 Å². The summed E-state index contributed by atoms with van der Waals surface area (Å²) in [6.07, 6.45) is 0.264. The van der Waals surface area contributed by atoms with E-state index in [9.17, 15) is 22.0 Å². The van der Waals surface area contributed by atoms with Crippen LogP contribution in [0.15, 0.2) is 0 Å². The summed E-state index contributed by atoms with van der Waals surface area (Å²) in [6.45, 7) is -0.116. The number of nitrogens with one attached hydrogen (secondary N) is 1. The van der Waals surface area contributed by atoms with Crippen LogP contribution in [0.25, 0.3) is 0 Å². The summed E-state index contributed by atoms with van der Waals surface area (Å²) in [5.41, 5.74) is -1.11. The highest BCUT2D eigenvalue weighted by Crippen LogP contribution is 2.27. The molecule has 0 bridgehead atoms. The maximum absolute atomic E-state index is 13.3. The largest absolute Gasteiger partial charge is 0.381 e. The number of benzene rings is 1. The number of hydrogen-bond acceptors (Lipinski definition) is 4. The van der Waals surface area contributed by atoms with Gasteiger partial charge < -0.3 is 20.0 Å². The normalized spacial score (nSPS) is 12.0. The van der Waals surface area contributed by atoms with Gasteiger partial charge in [0.1, 0.15) is 5.69 Å². The molecular weight excluding hydrogens is 317 g/mol. The fraction of sp³-hybridized carbons (Fsp3) is 0.455. The number of unbranched alkanes of at least 4 members (excludes halogenated alkanes) is 1. The molecule has 0 saturated carbocycles. The molecule has 0 aliphatic heterocycles. The molecule has 0 amide bonds. The molecule has 21 heavy (non-hydrogen) atoms. The first kappa shape index (κ1) is 17.8. The molecule has 0 heterocycles. The van der Waals surface area contributed by atoms with Crippen LogP contribution in [0.4, 0.5) is 27.6 Å². The molecule has 0 atom stereocenters. The highest BCUT2D eigenvalue weighted by molar-refractivity contribution is 5.98. The second-order valence-electron chi connectivity index (χ2n) is 4.28. The molecule has 0 aliphatic rings. The van der Waals surface area contributed by atoms with Crippen LogP contribution < -0.4 is 5.32 Å². The third kappa shape index (κ3) is 4.36. The minimum atomic E-state index is -2.25. The van der Waals surface area contributed by atoms with Crippen molar-refractivity contribution in [1.29, 1.82) is 0 Å². The summed E-state index contributed by atoms with van der Waals surface area (Å²) >= 11 is 0. The number of hydrogen-bond donors (Lipinski definition) is 3. The van der Waals surface area contributed by atoms with Gasteiger partial charge in [-0.1, -0.05) is 0 Å². The van der Waals surface area contributed by atoms with Gasteiger partial charge in [-0.05, 0) is 12.8 Å². The maximum Gasteiger partial charge on any atom is 0.267 e. The van der Waals surface area contributed by atoms with Crippen molar-refractivity contribution in [2.24, 2.45) is 0 Å². The maximum atomic E-state index is 13.3. The van der Waals surface area contributed by atoms with Gasteiger partial charge >= 0.3 is 0 Å². The van der Waals surface area contributed by atoms with E-state index >= 15 is 0 Å². The molecule has 10 heteroatoms. The van der Waals surface area contributed by atoms with E-state index in [2.05, 4.69) is 9.74 Å². The van der Waals surface area contributed by atoms with Gasteiger partial charge in [0.25, 0.3) is 5.97 Å². The quantitative estimate of drug-likeness (QED) is 0.174. The fourth-order valence-corrected chi connectivity index (χ4v) is 1.76. The molecule has 3 N–H and O–H groups in total. The lowest BCUT2D eigenvalue weighted by atomic mass is 10.2. The number of halogens is 5. The van der Waals surface area contributed by atoms with Crippen LogP contribution in [0.2, 0.25) is 0 Å². The first-order chi connectivity index (χ1) is 9.71. The van der Waals surface area contributed by atoms with Crippen LogP contribution >= 0.6 is 0 Å². The van der Waals surface area contributed by atoms with Crippen molar-refractivity contribution in [3.05, 3.63) is 29.1 Å². The number of aliphatic hydroxyl groups is 2. The predicted octanol–water partition coefficient (Wildman–Crippen LogP) is 0.900. The second-order valence-corrected chi connectivity index (χ2v) is 4.68. The predicted molar refractivity (Wildman–Crippen MR) is 66.8 cm³/mol. The van der Waals surface area contributed by atoms with Crippen LogP contribution in [-0.2, 0) is 4.43 Å². The molecule has 0 aromatic heterocycles. The van der Waals surface area contributed by atoms with Crippen LogP contribution in [0.5, 0.6) is 0 Å². The van der Waals surface area contributed by atoms with Crippen molar-refractivity contribution >= 4 is 16.2 Å². The van der Waals surface area contributed by atoms with E-state index in [0.717, 1.165) is 0 Å². The summed E-state index contributed by atoms with van der Waals surface area (Å²) in [5, 5.41) is 20.3. The Bertz CT molecular complexity index is 486. The highest BCUT2D eigenvalue weighted by Gasteiger charge is 2.25. The van der Waals surface area contributed by atoms with E-state index in [1.54, 1.807) is 0 Å². The van der Waals surface area contributed by atoms with Gasteiger partial charge in [-0.15, -0.1) is 0 Å². The van der Waals surface area contributed by atoms with E-state index < -0.39 is 40.7 Å². The van der Waals surface area contributed by atoms with Gasteiger partial charge in [-0.3, -0.25) is 0 Å². The lowest BCUT2D eigenvalue weighted by Gasteiger charge is -2.19. The summed E-state index contributed by atoms with van der Waals surface area (Å²) in [4.78, 5) is 0. The lowest BCUT2D eigenvalue weighted by molar-refractivity contribution is -0.295. The van der Waals surface area contributed by atoms with Gasteiger partial charge in [-0.2, -0.15) is 0 Å². The van der Waals surface area contributed by atoms with Crippen molar-refractivity contribution < 1.29 is 36.6 Å². The van der Waals surface area contributed by atoms with Gasteiger partial charge in [0.15, 0.2) is 33.8 Å². The Morgan fingerprint density at radius 1 is 0.905 bits per heavy atom. The Labute approximate surface area is 120 Å². The molecule has 1 aromatic rings. The zero-order valence-electron chi connectivity index (χ0n) is 11.0. The Hall–Kier alpha value is -1.23. The Morgan fingerprint density at radius 2 is 1.38 bits per heavy atom. The van der Waals surface area contributed by atoms with Gasteiger partial charge in [-0.25, -0.2) is 22.0 Å². The average Bonchev–Trinajstić information content (AvgIpc) is 2.46. The first-order valence-corrected chi connectivity index (χ1v) is 6.78. The number of rotatable bonds is 7. The Morgan fingerprint density at radius 3 is 1.86 bits per heavy atom. The Balaban J connectivity index is 2.61. The topological polar surface area (TPSA) is 61.7 Å². The zero-order chi connectivity index (χ0) is 16.2. The van der Waals surface area contributed by atoms with E-state index in [1.165, 1.54) is 0 Å². The van der Waals surface area contributed by atoms with Crippen molar-refractivity contribution in [3.8, 4) is 0 Å². The van der Waals surface area contributed by atoms with Crippen LogP contribution in [-0.4, -0.2) is 33.2 Å². The van der Waals surface area contributed by atoms with Crippen LogP contribution in [0.1, 0.15) is 19.3 Å². The molecule has 1 rings (SSSR count). The minimum Gasteiger partial charge on any atom is -0.381 e. The molecule has 0 aliphatic carbocycles. The summed E-state index contributed by atoms with van der Waals surface area (Å²) in [5.74, 6) is -12.4. The average molecular weight is 331 g/mol. The SMILES string of the molecule is OC(O)(CCCCNc1c(F)c(F)c(F)c(F)c1F)O[SiH3]. The highest BCUT2D eigenvalue weighted by atomic mass is 28.2. The first-order valence-electron chi connectivity index (χ1n) is 5.96. The molecule has 0 saturated heterocycles. The molecule has 0 fully saturated rings. The van der Waals surface area contributed by atoms with Gasteiger partial charge in [0, 0.05) is 13.0 Å². The van der Waals surface area contributed by atoms with Crippen molar-refractivity contribution in [1.82, 2.24) is 0 Å². The monoisotopic (exact) mass is 331 g/mol. The lowest BCUT2D eigenvalue weighted by Crippen LogP contribution is -2.30. The van der Waals surface area contributed by atoms with Crippen molar-refractivity contribution in [2.75, 3.05) is 11.9 Å². The molecule has 0 spiro atoms. The summed E-state index contributed by atoms with van der Waals surface area (Å²) < 4.78 is 69.6. The molecule has 0 radical (unpaired) electrons. The fourth-order valence-electron chi connectivity index (χ4n) is 1.56. The second kappa shape index (κ2) is 7.16. The van der Waals surface area contributed by atoms with E-state index in [0.29, 0.717) is 0 Å². The van der Waals surface area contributed by atoms with E-state index in [-0.39, 0.29) is 36.3 Å². The van der Waals surface area contributed by atoms with Crippen LogP contribution in [0, 0.1) is 29.1 Å². The van der Waals surface area contributed by atoms with Crippen molar-refractivity contribution in [3.63, 3.8) is 0 Å². The van der Waals surface area contributed by atoms with Gasteiger partial charge in [0.2, 0.25) is 5.82 Å². The number of anilines is 1. The molecule has 4 nitrogen and oxygen atoms in total. The van der Waals surface area contributed by atoms with E-state index in [4.69, 9.17) is 10.2 Å². The smallest absolute Gasteiger partial charge is 0.267 e. The third-order valence-corrected chi connectivity index (χ3v) is 3.42. The standard InChI is InChI=1S/C11H14F5NO3Si/c12-5-6(13)8(15)10(9(16)7(5)14)17-4-2-1-3-11(18,19)20-21/h17-19H,1-4H2,21H3. The molecule has 1 aromatic carbocycles. The van der Waals surface area contributed by atoms with Crippen LogP contribution in [0.3, 0.4) is 0 Å². The molecule has 120 valence electrons. The Kier molecular flexibility index (Phi) is 6.07. The summed E-state index contributed by atoms with van der Waals surface area (Å²) in [7, 11) is 0.107. The van der Waals surface area contributed by atoms with Gasteiger partial charge in [0.05, 0.1) is 0 Å². The zero-order valence-corrected chi connectivity index (χ0v) is 13.0. The summed E-state index contributed by atoms with van der Waals surface area (Å²) in [6, 6.07) is 0. The van der Waals surface area contributed by atoms with E-state index in [1.807, 2.05) is 0 Å². The molecule has 0 unspecified atom stereocenters.